The lowest BCUT2D eigenvalue weighted by Gasteiger charge is -2.33. The highest BCUT2D eigenvalue weighted by Crippen LogP contribution is 2.41. The summed E-state index contributed by atoms with van der Waals surface area (Å²) in [4.78, 5) is 0.0877. The molecule has 1 rings (SSSR count). The van der Waals surface area contributed by atoms with Crippen LogP contribution in [0.5, 0.6) is 0 Å². The fourth-order valence-electron chi connectivity index (χ4n) is 3.26. The molecule has 0 atom stereocenters. The molecule has 0 fully saturated rings. The van der Waals surface area contributed by atoms with E-state index in [4.69, 9.17) is 0 Å². The average Bonchev–Trinajstić information content (AvgIpc) is 2.48. The molecular formula is C18H32O3S. The van der Waals surface area contributed by atoms with Crippen molar-refractivity contribution in [2.24, 2.45) is 5.41 Å². The molecule has 128 valence electrons. The summed E-state index contributed by atoms with van der Waals surface area (Å²) in [6, 6.07) is 0. The van der Waals surface area contributed by atoms with Gasteiger partial charge in [0.05, 0.1) is 4.91 Å². The van der Waals surface area contributed by atoms with Crippen LogP contribution in [-0.2, 0) is 10.1 Å². The molecule has 22 heavy (non-hydrogen) atoms. The van der Waals surface area contributed by atoms with Crippen LogP contribution in [0, 0.1) is 5.41 Å². The molecule has 1 aliphatic carbocycles. The maximum atomic E-state index is 11.5. The van der Waals surface area contributed by atoms with Gasteiger partial charge in [-0.3, -0.25) is 4.55 Å². The van der Waals surface area contributed by atoms with Gasteiger partial charge >= 0.3 is 0 Å². The first kappa shape index (κ1) is 19.4. The Morgan fingerprint density at radius 2 is 1.55 bits per heavy atom. The second-order valence-corrected chi connectivity index (χ2v) is 8.03. The molecule has 0 spiro atoms. The van der Waals surface area contributed by atoms with Gasteiger partial charge in [0.25, 0.3) is 10.1 Å². The normalized spacial score (nSPS) is 17.5. The van der Waals surface area contributed by atoms with Gasteiger partial charge in [-0.05, 0) is 30.8 Å². The Hall–Kier alpha value is -0.610. The minimum Gasteiger partial charge on any atom is -0.282 e. The number of rotatable bonds is 11. The lowest BCUT2D eigenvalue weighted by atomic mass is 9.73. The first-order valence-electron chi connectivity index (χ1n) is 8.80. The van der Waals surface area contributed by atoms with Crippen LogP contribution in [0.4, 0.5) is 0 Å². The van der Waals surface area contributed by atoms with Crippen molar-refractivity contribution in [1.29, 1.82) is 0 Å². The molecule has 0 aromatic carbocycles. The monoisotopic (exact) mass is 328 g/mol. The van der Waals surface area contributed by atoms with Crippen LogP contribution in [0.15, 0.2) is 23.1 Å². The fraction of sp³-hybridized carbons (Fsp3) is 0.778. The van der Waals surface area contributed by atoms with Gasteiger partial charge in [0, 0.05) is 0 Å². The maximum Gasteiger partial charge on any atom is 0.294 e. The maximum absolute atomic E-state index is 11.5. The van der Waals surface area contributed by atoms with Gasteiger partial charge in [-0.25, -0.2) is 0 Å². The second-order valence-electron chi connectivity index (χ2n) is 6.61. The van der Waals surface area contributed by atoms with Crippen LogP contribution >= 0.6 is 0 Å². The Labute approximate surface area is 136 Å². The van der Waals surface area contributed by atoms with Crippen LogP contribution in [0.1, 0.15) is 84.5 Å². The minimum atomic E-state index is -4.09. The number of hydrogen-bond acceptors (Lipinski definition) is 2. The molecule has 0 saturated heterocycles. The van der Waals surface area contributed by atoms with Crippen molar-refractivity contribution in [3.63, 3.8) is 0 Å². The Bertz CT molecular complexity index is 463. The quantitative estimate of drug-likeness (QED) is 0.394. The van der Waals surface area contributed by atoms with Crippen molar-refractivity contribution in [2.45, 2.75) is 84.5 Å². The third-order valence-corrected chi connectivity index (χ3v) is 5.46. The van der Waals surface area contributed by atoms with E-state index in [-0.39, 0.29) is 10.3 Å². The largest absolute Gasteiger partial charge is 0.294 e. The van der Waals surface area contributed by atoms with Gasteiger partial charge in [-0.1, -0.05) is 77.4 Å². The summed E-state index contributed by atoms with van der Waals surface area (Å²) >= 11 is 0. The molecular weight excluding hydrogens is 296 g/mol. The summed E-state index contributed by atoms with van der Waals surface area (Å²) in [5.41, 5.74) is -0.0820. The topological polar surface area (TPSA) is 54.4 Å². The van der Waals surface area contributed by atoms with E-state index >= 15 is 0 Å². The van der Waals surface area contributed by atoms with E-state index < -0.39 is 10.1 Å². The smallest absolute Gasteiger partial charge is 0.282 e. The third-order valence-electron chi connectivity index (χ3n) is 4.61. The summed E-state index contributed by atoms with van der Waals surface area (Å²) < 4.78 is 32.3. The summed E-state index contributed by atoms with van der Waals surface area (Å²) in [5.74, 6) is 0. The minimum absolute atomic E-state index is 0.0820. The number of unbranched alkanes of at least 4 members (excludes halogenated alkanes) is 6. The standard InChI is InChI=1S/C18H32O3S/c1-3-5-7-9-13-18(14-10-8-6-4-2)15-11-12-17(16-18)22(19,20)21/h11-12,16H,3-10,13-15H2,1-2H3,(H,19,20,21). The van der Waals surface area contributed by atoms with Crippen LogP contribution < -0.4 is 0 Å². The zero-order valence-electron chi connectivity index (χ0n) is 14.2. The summed E-state index contributed by atoms with van der Waals surface area (Å²) in [6.45, 7) is 4.39. The van der Waals surface area contributed by atoms with Crippen molar-refractivity contribution in [3.8, 4) is 0 Å². The van der Waals surface area contributed by atoms with Gasteiger partial charge in [0.15, 0.2) is 0 Å². The molecule has 0 amide bonds. The Morgan fingerprint density at radius 3 is 2.00 bits per heavy atom. The predicted molar refractivity (Wildman–Crippen MR) is 93.3 cm³/mol. The van der Waals surface area contributed by atoms with E-state index in [1.165, 1.54) is 38.5 Å². The van der Waals surface area contributed by atoms with E-state index in [9.17, 15) is 13.0 Å². The first-order chi connectivity index (χ1) is 10.4. The van der Waals surface area contributed by atoms with Crippen LogP contribution in [0.2, 0.25) is 0 Å². The van der Waals surface area contributed by atoms with Gasteiger partial charge in [0.1, 0.15) is 0 Å². The first-order valence-corrected chi connectivity index (χ1v) is 10.2. The molecule has 3 nitrogen and oxygen atoms in total. The summed E-state index contributed by atoms with van der Waals surface area (Å²) in [6.07, 6.45) is 17.8. The van der Waals surface area contributed by atoms with Crippen molar-refractivity contribution in [2.75, 3.05) is 0 Å². The molecule has 1 aliphatic rings. The zero-order chi connectivity index (χ0) is 16.5. The van der Waals surface area contributed by atoms with Crippen molar-refractivity contribution in [1.82, 2.24) is 0 Å². The molecule has 0 heterocycles. The third kappa shape index (κ3) is 6.66. The van der Waals surface area contributed by atoms with E-state index in [1.54, 1.807) is 6.08 Å². The average molecular weight is 329 g/mol. The number of hydrogen-bond donors (Lipinski definition) is 1. The SMILES string of the molecule is CCCCCCC1(CCCCCC)C=C(S(=O)(=O)O)C=CC1. The van der Waals surface area contributed by atoms with E-state index in [0.717, 1.165) is 32.1 Å². The highest BCUT2D eigenvalue weighted by molar-refractivity contribution is 7.90. The Morgan fingerprint density at radius 1 is 1.00 bits per heavy atom. The van der Waals surface area contributed by atoms with Crippen LogP contribution in [0.25, 0.3) is 0 Å². The molecule has 4 heteroatoms. The molecule has 0 aromatic rings. The van der Waals surface area contributed by atoms with Crippen LogP contribution in [0.3, 0.4) is 0 Å². The van der Waals surface area contributed by atoms with Gasteiger partial charge in [-0.15, -0.1) is 0 Å². The number of allylic oxidation sites excluding steroid dienone is 3. The van der Waals surface area contributed by atoms with Crippen LogP contribution in [-0.4, -0.2) is 13.0 Å². The highest BCUT2D eigenvalue weighted by atomic mass is 32.2. The fourth-order valence-corrected chi connectivity index (χ4v) is 3.93. The zero-order valence-corrected chi connectivity index (χ0v) is 15.0. The summed E-state index contributed by atoms with van der Waals surface area (Å²) in [5, 5.41) is 0. The highest BCUT2D eigenvalue weighted by Gasteiger charge is 2.30. The lowest BCUT2D eigenvalue weighted by molar-refractivity contribution is 0.296. The van der Waals surface area contributed by atoms with Gasteiger partial charge in [0.2, 0.25) is 0 Å². The van der Waals surface area contributed by atoms with Gasteiger partial charge in [-0.2, -0.15) is 8.42 Å². The Kier molecular flexibility index (Phi) is 8.40. The lowest BCUT2D eigenvalue weighted by Crippen LogP contribution is -2.22. The van der Waals surface area contributed by atoms with Gasteiger partial charge < -0.3 is 0 Å². The molecule has 0 aliphatic heterocycles. The molecule has 0 bridgehead atoms. The predicted octanol–water partition coefficient (Wildman–Crippen LogP) is 5.65. The molecule has 0 unspecified atom stereocenters. The van der Waals surface area contributed by atoms with E-state index in [2.05, 4.69) is 13.8 Å². The van der Waals surface area contributed by atoms with Crippen molar-refractivity contribution < 1.29 is 13.0 Å². The van der Waals surface area contributed by atoms with E-state index in [1.807, 2.05) is 12.2 Å². The van der Waals surface area contributed by atoms with Crippen molar-refractivity contribution in [3.05, 3.63) is 23.1 Å². The molecule has 1 N–H and O–H groups in total. The molecule has 0 saturated carbocycles. The summed E-state index contributed by atoms with van der Waals surface area (Å²) in [7, 11) is -4.09. The Balaban J connectivity index is 2.77. The molecule has 0 radical (unpaired) electrons. The van der Waals surface area contributed by atoms with E-state index in [0.29, 0.717) is 0 Å². The molecule has 0 aromatic heterocycles. The van der Waals surface area contributed by atoms with Crippen molar-refractivity contribution >= 4 is 10.1 Å². The second kappa shape index (κ2) is 9.51.